The first-order valence-corrected chi connectivity index (χ1v) is 8.51. The summed E-state index contributed by atoms with van der Waals surface area (Å²) in [5, 5.41) is 10.5. The number of sulfonamides is 1. The van der Waals surface area contributed by atoms with Gasteiger partial charge in [-0.2, -0.15) is 4.31 Å². The standard InChI is InChI=1S/C13H19ClN2O3S/c1-13(2,17)11-4-3-7-16(11)20(18,19)9-10-5-6-12(14)15-8-10/h5-6,8,11,17H,3-4,7,9H2,1-2H3/t11-/m1/s1. The average Bonchev–Trinajstić information content (AvgIpc) is 2.81. The van der Waals surface area contributed by atoms with E-state index in [1.807, 2.05) is 0 Å². The van der Waals surface area contributed by atoms with E-state index in [2.05, 4.69) is 4.98 Å². The van der Waals surface area contributed by atoms with Crippen molar-refractivity contribution in [2.75, 3.05) is 6.54 Å². The van der Waals surface area contributed by atoms with E-state index in [0.717, 1.165) is 6.42 Å². The molecule has 0 spiro atoms. The van der Waals surface area contributed by atoms with Crippen molar-refractivity contribution >= 4 is 21.6 Å². The summed E-state index contributed by atoms with van der Waals surface area (Å²) in [4.78, 5) is 3.89. The second kappa shape index (κ2) is 5.60. The molecule has 1 atom stereocenters. The van der Waals surface area contributed by atoms with Gasteiger partial charge >= 0.3 is 0 Å². The van der Waals surface area contributed by atoms with E-state index in [0.29, 0.717) is 23.7 Å². The monoisotopic (exact) mass is 318 g/mol. The minimum atomic E-state index is -3.47. The Morgan fingerprint density at radius 3 is 2.75 bits per heavy atom. The lowest BCUT2D eigenvalue weighted by Gasteiger charge is -2.33. The van der Waals surface area contributed by atoms with Crippen LogP contribution in [0.15, 0.2) is 18.3 Å². The number of hydrogen-bond acceptors (Lipinski definition) is 4. The fourth-order valence-corrected chi connectivity index (χ4v) is 4.59. The number of nitrogens with zero attached hydrogens (tertiary/aromatic N) is 2. The summed E-state index contributed by atoms with van der Waals surface area (Å²) in [5.41, 5.74) is -0.447. The Hall–Kier alpha value is -0.690. The Balaban J connectivity index is 2.20. The average molecular weight is 319 g/mol. The van der Waals surface area contributed by atoms with E-state index >= 15 is 0 Å². The minimum absolute atomic E-state index is 0.121. The van der Waals surface area contributed by atoms with Crippen LogP contribution in [0.3, 0.4) is 0 Å². The first-order chi connectivity index (χ1) is 9.20. The maximum atomic E-state index is 12.5. The van der Waals surface area contributed by atoms with Crippen molar-refractivity contribution in [3.8, 4) is 0 Å². The molecule has 2 rings (SSSR count). The molecule has 1 aliphatic rings. The molecule has 0 aromatic carbocycles. The molecular formula is C13H19ClN2O3S. The van der Waals surface area contributed by atoms with Crippen molar-refractivity contribution in [3.63, 3.8) is 0 Å². The van der Waals surface area contributed by atoms with Gasteiger partial charge in [0, 0.05) is 12.7 Å². The van der Waals surface area contributed by atoms with Crippen molar-refractivity contribution in [3.05, 3.63) is 29.0 Å². The number of aliphatic hydroxyl groups is 1. The fourth-order valence-electron chi connectivity index (χ4n) is 2.56. The summed E-state index contributed by atoms with van der Waals surface area (Å²) in [5.74, 6) is -0.121. The molecule has 5 nitrogen and oxygen atoms in total. The summed E-state index contributed by atoms with van der Waals surface area (Å²) < 4.78 is 26.4. The lowest BCUT2D eigenvalue weighted by atomic mass is 9.98. The van der Waals surface area contributed by atoms with Gasteiger partial charge < -0.3 is 5.11 Å². The Labute approximate surface area is 124 Å². The molecule has 0 bridgehead atoms. The van der Waals surface area contributed by atoms with E-state index in [9.17, 15) is 13.5 Å². The smallest absolute Gasteiger partial charge is 0.218 e. The van der Waals surface area contributed by atoms with E-state index in [1.54, 1.807) is 26.0 Å². The Kier molecular flexibility index (Phi) is 4.39. The topological polar surface area (TPSA) is 70.5 Å². The Morgan fingerprint density at radius 1 is 1.50 bits per heavy atom. The molecule has 0 saturated carbocycles. The zero-order valence-corrected chi connectivity index (χ0v) is 13.2. The van der Waals surface area contributed by atoms with Gasteiger partial charge in [-0.15, -0.1) is 0 Å². The predicted molar refractivity (Wildman–Crippen MR) is 77.9 cm³/mol. The maximum Gasteiger partial charge on any atom is 0.218 e. The van der Waals surface area contributed by atoms with Gasteiger partial charge in [0.2, 0.25) is 10.0 Å². The zero-order chi connectivity index (χ0) is 15.0. The van der Waals surface area contributed by atoms with E-state index in [4.69, 9.17) is 11.6 Å². The maximum absolute atomic E-state index is 12.5. The third kappa shape index (κ3) is 3.49. The van der Waals surface area contributed by atoms with Crippen molar-refractivity contribution in [2.24, 2.45) is 0 Å². The molecule has 2 heterocycles. The minimum Gasteiger partial charge on any atom is -0.389 e. The second-order valence-corrected chi connectivity index (χ2v) is 7.98. The van der Waals surface area contributed by atoms with E-state index in [-0.39, 0.29) is 11.8 Å². The van der Waals surface area contributed by atoms with Gasteiger partial charge in [0.25, 0.3) is 0 Å². The lowest BCUT2D eigenvalue weighted by molar-refractivity contribution is 0.0214. The van der Waals surface area contributed by atoms with Crippen LogP contribution in [0.1, 0.15) is 32.3 Å². The highest BCUT2D eigenvalue weighted by atomic mass is 35.5. The van der Waals surface area contributed by atoms with Crippen LogP contribution in [0.5, 0.6) is 0 Å². The molecule has 1 fully saturated rings. The SMILES string of the molecule is CC(C)(O)[C@H]1CCCN1S(=O)(=O)Cc1ccc(Cl)nc1. The molecule has 0 unspecified atom stereocenters. The van der Waals surface area contributed by atoms with Gasteiger partial charge in [-0.25, -0.2) is 13.4 Å². The molecule has 1 saturated heterocycles. The van der Waals surface area contributed by atoms with Crippen molar-refractivity contribution in [2.45, 2.75) is 44.1 Å². The third-order valence-corrected chi connectivity index (χ3v) is 5.59. The summed E-state index contributed by atoms with van der Waals surface area (Å²) in [7, 11) is -3.47. The summed E-state index contributed by atoms with van der Waals surface area (Å²) in [6.07, 6.45) is 2.92. The number of pyridine rings is 1. The Bertz CT molecular complexity index is 566. The first-order valence-electron chi connectivity index (χ1n) is 6.52. The van der Waals surface area contributed by atoms with Crippen LogP contribution in [-0.2, 0) is 15.8 Å². The molecule has 7 heteroatoms. The molecule has 0 radical (unpaired) electrons. The quantitative estimate of drug-likeness (QED) is 0.859. The van der Waals surface area contributed by atoms with Crippen molar-refractivity contribution < 1.29 is 13.5 Å². The molecule has 1 N–H and O–H groups in total. The van der Waals surface area contributed by atoms with Crippen LogP contribution in [0, 0.1) is 0 Å². The van der Waals surface area contributed by atoms with Crippen LogP contribution in [0.2, 0.25) is 5.15 Å². The van der Waals surface area contributed by atoms with Crippen LogP contribution >= 0.6 is 11.6 Å². The van der Waals surface area contributed by atoms with Gasteiger partial charge in [0.05, 0.1) is 17.4 Å². The summed E-state index contributed by atoms with van der Waals surface area (Å²) >= 11 is 5.69. The largest absolute Gasteiger partial charge is 0.389 e. The molecule has 20 heavy (non-hydrogen) atoms. The van der Waals surface area contributed by atoms with Gasteiger partial charge in [0.1, 0.15) is 5.15 Å². The number of hydrogen-bond donors (Lipinski definition) is 1. The molecule has 0 aliphatic carbocycles. The van der Waals surface area contributed by atoms with E-state index in [1.165, 1.54) is 10.5 Å². The number of aromatic nitrogens is 1. The molecular weight excluding hydrogens is 300 g/mol. The zero-order valence-electron chi connectivity index (χ0n) is 11.6. The van der Waals surface area contributed by atoms with E-state index < -0.39 is 15.6 Å². The highest BCUT2D eigenvalue weighted by Crippen LogP contribution is 2.30. The van der Waals surface area contributed by atoms with Crippen molar-refractivity contribution in [1.82, 2.24) is 9.29 Å². The highest BCUT2D eigenvalue weighted by Gasteiger charge is 2.41. The lowest BCUT2D eigenvalue weighted by Crippen LogP contribution is -2.48. The summed E-state index contributed by atoms with van der Waals surface area (Å²) in [6, 6.07) is 2.86. The van der Waals surface area contributed by atoms with Gasteiger partial charge in [0.15, 0.2) is 0 Å². The predicted octanol–water partition coefficient (Wildman–Crippen LogP) is 1.80. The van der Waals surface area contributed by atoms with Gasteiger partial charge in [-0.1, -0.05) is 17.7 Å². The highest BCUT2D eigenvalue weighted by molar-refractivity contribution is 7.88. The van der Waals surface area contributed by atoms with Crippen LogP contribution in [0.25, 0.3) is 0 Å². The van der Waals surface area contributed by atoms with Crippen LogP contribution in [-0.4, -0.2) is 41.0 Å². The molecule has 1 aliphatic heterocycles. The molecule has 1 aromatic heterocycles. The summed E-state index contributed by atoms with van der Waals surface area (Å²) in [6.45, 7) is 3.75. The second-order valence-electron chi connectivity index (χ2n) is 5.67. The first kappa shape index (κ1) is 15.7. The molecule has 0 amide bonds. The van der Waals surface area contributed by atoms with Crippen molar-refractivity contribution in [1.29, 1.82) is 0 Å². The third-order valence-electron chi connectivity index (χ3n) is 3.51. The number of halogens is 1. The fraction of sp³-hybridized carbons (Fsp3) is 0.615. The van der Waals surface area contributed by atoms with Gasteiger partial charge in [-0.3, -0.25) is 0 Å². The number of rotatable bonds is 4. The van der Waals surface area contributed by atoms with Crippen LogP contribution in [0.4, 0.5) is 0 Å². The molecule has 1 aromatic rings. The van der Waals surface area contributed by atoms with Gasteiger partial charge in [-0.05, 0) is 38.3 Å². The Morgan fingerprint density at radius 2 is 2.20 bits per heavy atom. The molecule has 112 valence electrons. The normalized spacial score (nSPS) is 21.3. The van der Waals surface area contributed by atoms with Crippen LogP contribution < -0.4 is 0 Å².